The van der Waals surface area contributed by atoms with Gasteiger partial charge in [0.15, 0.2) is 5.15 Å². The highest BCUT2D eigenvalue weighted by Gasteiger charge is 2.14. The average molecular weight is 239 g/mol. The Morgan fingerprint density at radius 3 is 3.00 bits per heavy atom. The van der Waals surface area contributed by atoms with Crippen LogP contribution in [0.5, 0.6) is 0 Å². The zero-order chi connectivity index (χ0) is 11.5. The van der Waals surface area contributed by atoms with Crippen LogP contribution in [-0.4, -0.2) is 28.1 Å². The van der Waals surface area contributed by atoms with Crippen molar-refractivity contribution in [1.82, 2.24) is 19.9 Å². The number of likely N-dealkylation sites (N-methyl/N-ethyl adjacent to an activating group) is 1. The highest BCUT2D eigenvalue weighted by molar-refractivity contribution is 6.32. The zero-order valence-corrected chi connectivity index (χ0v) is 10.2. The van der Waals surface area contributed by atoms with Gasteiger partial charge in [0.2, 0.25) is 0 Å². The molecular weight excluding hydrogens is 224 g/mol. The van der Waals surface area contributed by atoms with Crippen LogP contribution in [-0.2, 0) is 13.5 Å². The Morgan fingerprint density at radius 1 is 1.56 bits per heavy atom. The van der Waals surface area contributed by atoms with Crippen LogP contribution in [0.1, 0.15) is 5.82 Å². The molecule has 16 heavy (non-hydrogen) atoms. The van der Waals surface area contributed by atoms with Gasteiger partial charge in [0.25, 0.3) is 0 Å². The minimum absolute atomic E-state index is 0.563. The highest BCUT2D eigenvalue weighted by Crippen LogP contribution is 2.27. The highest BCUT2D eigenvalue weighted by atomic mass is 35.5. The Morgan fingerprint density at radius 2 is 2.38 bits per heavy atom. The van der Waals surface area contributed by atoms with Crippen LogP contribution in [0.3, 0.4) is 0 Å². The summed E-state index contributed by atoms with van der Waals surface area (Å²) in [6, 6.07) is 1.99. The van der Waals surface area contributed by atoms with E-state index in [4.69, 9.17) is 11.6 Å². The van der Waals surface area contributed by atoms with Gasteiger partial charge in [-0.1, -0.05) is 11.6 Å². The number of aromatic nitrogens is 3. The van der Waals surface area contributed by atoms with Crippen LogP contribution < -0.4 is 5.32 Å². The van der Waals surface area contributed by atoms with E-state index in [1.807, 2.05) is 37.1 Å². The molecule has 0 aromatic carbocycles. The van der Waals surface area contributed by atoms with E-state index in [9.17, 15) is 0 Å². The van der Waals surface area contributed by atoms with Crippen LogP contribution in [0.4, 0.5) is 0 Å². The van der Waals surface area contributed by atoms with Gasteiger partial charge in [-0.15, -0.1) is 0 Å². The molecular formula is C11H15ClN4. The van der Waals surface area contributed by atoms with Gasteiger partial charge in [-0.25, -0.2) is 4.98 Å². The topological polar surface area (TPSA) is 45.6 Å². The molecule has 0 aliphatic carbocycles. The molecule has 2 N–H and O–H groups in total. The summed E-state index contributed by atoms with van der Waals surface area (Å²) in [6.07, 6.45) is 4.67. The lowest BCUT2D eigenvalue weighted by molar-refractivity contribution is 0.720. The predicted octanol–water partition coefficient (Wildman–Crippen LogP) is 1.83. The fourth-order valence-corrected chi connectivity index (χ4v) is 2.09. The SMILES string of the molecule is CNCCc1nc(Cl)c(-c2cc[nH]c2)n1C. The second-order valence-corrected chi connectivity index (χ2v) is 4.04. The average Bonchev–Trinajstić information content (AvgIpc) is 2.85. The molecule has 0 unspecified atom stereocenters. The Bertz CT molecular complexity index is 459. The number of rotatable bonds is 4. The molecule has 2 rings (SSSR count). The lowest BCUT2D eigenvalue weighted by Gasteiger charge is -2.04. The monoisotopic (exact) mass is 238 g/mol. The number of H-pyrrole nitrogens is 1. The van der Waals surface area contributed by atoms with Crippen molar-refractivity contribution >= 4 is 11.6 Å². The molecule has 0 aliphatic rings. The largest absolute Gasteiger partial charge is 0.367 e. The number of halogens is 1. The molecule has 2 aromatic heterocycles. The van der Waals surface area contributed by atoms with E-state index in [1.165, 1.54) is 0 Å². The lowest BCUT2D eigenvalue weighted by atomic mass is 10.2. The maximum Gasteiger partial charge on any atom is 0.155 e. The molecule has 0 bridgehead atoms. The first-order valence-electron chi connectivity index (χ1n) is 5.23. The summed E-state index contributed by atoms with van der Waals surface area (Å²) in [4.78, 5) is 7.40. The summed E-state index contributed by atoms with van der Waals surface area (Å²) in [6.45, 7) is 0.897. The second kappa shape index (κ2) is 4.72. The quantitative estimate of drug-likeness (QED) is 0.854. The second-order valence-electron chi connectivity index (χ2n) is 3.68. The van der Waals surface area contributed by atoms with Crippen molar-refractivity contribution in [1.29, 1.82) is 0 Å². The normalized spacial score (nSPS) is 10.9. The van der Waals surface area contributed by atoms with Crippen molar-refractivity contribution in [2.75, 3.05) is 13.6 Å². The summed E-state index contributed by atoms with van der Waals surface area (Å²) in [5, 5.41) is 3.67. The zero-order valence-electron chi connectivity index (χ0n) is 9.42. The summed E-state index contributed by atoms with van der Waals surface area (Å²) >= 11 is 6.15. The number of imidazole rings is 1. The molecule has 4 nitrogen and oxygen atoms in total. The van der Waals surface area contributed by atoms with Crippen molar-refractivity contribution in [3.8, 4) is 11.3 Å². The maximum absolute atomic E-state index is 6.15. The standard InChI is InChI=1S/C11H15ClN4/c1-13-5-4-9-15-11(12)10(16(9)2)8-3-6-14-7-8/h3,6-7,13-14H,4-5H2,1-2H3. The minimum Gasteiger partial charge on any atom is -0.367 e. The third-order valence-electron chi connectivity index (χ3n) is 2.62. The number of nitrogens with zero attached hydrogens (tertiary/aromatic N) is 2. The molecule has 0 saturated heterocycles. The molecule has 0 radical (unpaired) electrons. The van der Waals surface area contributed by atoms with E-state index in [0.29, 0.717) is 5.15 Å². The molecule has 0 atom stereocenters. The fraction of sp³-hybridized carbons (Fsp3) is 0.364. The Hall–Kier alpha value is -1.26. The van der Waals surface area contributed by atoms with Gasteiger partial charge in [-0.3, -0.25) is 0 Å². The van der Waals surface area contributed by atoms with Gasteiger partial charge < -0.3 is 14.9 Å². The number of aromatic amines is 1. The predicted molar refractivity (Wildman–Crippen MR) is 65.6 cm³/mol. The van der Waals surface area contributed by atoms with E-state index < -0.39 is 0 Å². The van der Waals surface area contributed by atoms with Gasteiger partial charge in [0, 0.05) is 38.0 Å². The molecule has 2 heterocycles. The molecule has 0 saturated carbocycles. The molecule has 0 spiro atoms. The Labute approximate surface area is 99.6 Å². The Kier molecular flexibility index (Phi) is 3.31. The first-order valence-corrected chi connectivity index (χ1v) is 5.60. The Balaban J connectivity index is 2.36. The van der Waals surface area contributed by atoms with E-state index in [2.05, 4.69) is 15.3 Å². The molecule has 2 aromatic rings. The summed E-state index contributed by atoms with van der Waals surface area (Å²) in [5.41, 5.74) is 2.03. The van der Waals surface area contributed by atoms with Gasteiger partial charge >= 0.3 is 0 Å². The third-order valence-corrected chi connectivity index (χ3v) is 2.88. The molecule has 0 aliphatic heterocycles. The van der Waals surface area contributed by atoms with Crippen LogP contribution >= 0.6 is 11.6 Å². The van der Waals surface area contributed by atoms with Gasteiger partial charge in [0.1, 0.15) is 5.82 Å². The van der Waals surface area contributed by atoms with E-state index in [-0.39, 0.29) is 0 Å². The van der Waals surface area contributed by atoms with Gasteiger partial charge in [-0.2, -0.15) is 0 Å². The van der Waals surface area contributed by atoms with Crippen LogP contribution in [0, 0.1) is 0 Å². The van der Waals surface area contributed by atoms with Gasteiger partial charge in [0.05, 0.1) is 5.69 Å². The molecule has 86 valence electrons. The fourth-order valence-electron chi connectivity index (χ4n) is 1.75. The first kappa shape index (κ1) is 11.2. The molecule has 5 heteroatoms. The maximum atomic E-state index is 6.15. The van der Waals surface area contributed by atoms with E-state index in [1.54, 1.807) is 0 Å². The van der Waals surface area contributed by atoms with Gasteiger partial charge in [-0.05, 0) is 13.1 Å². The summed E-state index contributed by atoms with van der Waals surface area (Å²) in [7, 11) is 3.92. The van der Waals surface area contributed by atoms with Crippen LogP contribution in [0.25, 0.3) is 11.3 Å². The van der Waals surface area contributed by atoms with Crippen molar-refractivity contribution in [3.63, 3.8) is 0 Å². The smallest absolute Gasteiger partial charge is 0.155 e. The minimum atomic E-state index is 0.563. The van der Waals surface area contributed by atoms with Crippen molar-refractivity contribution < 1.29 is 0 Å². The number of hydrogen-bond acceptors (Lipinski definition) is 2. The number of nitrogens with one attached hydrogen (secondary N) is 2. The van der Waals surface area contributed by atoms with Crippen molar-refractivity contribution in [2.45, 2.75) is 6.42 Å². The van der Waals surface area contributed by atoms with Crippen LogP contribution in [0.15, 0.2) is 18.5 Å². The first-order chi connectivity index (χ1) is 7.74. The molecule has 0 fully saturated rings. The summed E-state index contributed by atoms with van der Waals surface area (Å²) < 4.78 is 2.04. The van der Waals surface area contributed by atoms with E-state index >= 15 is 0 Å². The van der Waals surface area contributed by atoms with Crippen LogP contribution in [0.2, 0.25) is 5.15 Å². The number of hydrogen-bond donors (Lipinski definition) is 2. The van der Waals surface area contributed by atoms with Crippen molar-refractivity contribution in [2.24, 2.45) is 7.05 Å². The third kappa shape index (κ3) is 1.99. The molecule has 0 amide bonds. The summed E-state index contributed by atoms with van der Waals surface area (Å²) in [5.74, 6) is 0.996. The lowest BCUT2D eigenvalue weighted by Crippen LogP contribution is -2.13. The van der Waals surface area contributed by atoms with Crippen molar-refractivity contribution in [3.05, 3.63) is 29.4 Å². The van der Waals surface area contributed by atoms with E-state index in [0.717, 1.165) is 30.0 Å².